The molecule has 0 aliphatic carbocycles. The summed E-state index contributed by atoms with van der Waals surface area (Å²) in [4.78, 5) is 16.7. The van der Waals surface area contributed by atoms with Crippen molar-refractivity contribution < 1.29 is 0 Å². The van der Waals surface area contributed by atoms with Gasteiger partial charge in [0.2, 0.25) is 5.95 Å². The fraction of sp³-hybridized carbons (Fsp3) is 0.269. The lowest BCUT2D eigenvalue weighted by Crippen LogP contribution is -2.21. The summed E-state index contributed by atoms with van der Waals surface area (Å²) in [6, 6.07) is 16.4. The largest absolute Gasteiger partial charge is 0.364 e. The summed E-state index contributed by atoms with van der Waals surface area (Å²) in [7, 11) is 0. The maximum Gasteiger partial charge on any atom is 0.229 e. The van der Waals surface area contributed by atoms with Crippen LogP contribution in [0.25, 0.3) is 16.9 Å². The van der Waals surface area contributed by atoms with Gasteiger partial charge in [-0.3, -0.25) is 0 Å². The fourth-order valence-electron chi connectivity index (χ4n) is 4.55. The molecule has 6 rings (SSSR count). The zero-order chi connectivity index (χ0) is 24.5. The monoisotopic (exact) mass is 543 g/mol. The van der Waals surface area contributed by atoms with Gasteiger partial charge in [-0.2, -0.15) is 9.97 Å². The minimum absolute atomic E-state index is 0.515. The van der Waals surface area contributed by atoms with Crippen molar-refractivity contribution in [1.29, 1.82) is 0 Å². The molecule has 1 N–H and O–H groups in total. The van der Waals surface area contributed by atoms with Crippen molar-refractivity contribution in [3.63, 3.8) is 0 Å². The van der Waals surface area contributed by atoms with Crippen molar-refractivity contribution in [1.82, 2.24) is 34.5 Å². The minimum Gasteiger partial charge on any atom is -0.364 e. The highest BCUT2D eigenvalue weighted by Gasteiger charge is 2.20. The first-order valence-electron chi connectivity index (χ1n) is 12.1. The van der Waals surface area contributed by atoms with E-state index in [1.54, 1.807) is 0 Å². The Bertz CT molecular complexity index is 1500. The van der Waals surface area contributed by atoms with Gasteiger partial charge in [0.05, 0.1) is 24.8 Å². The molecule has 10 heteroatoms. The molecular weight excluding hydrogens is 518 g/mol. The molecule has 0 radical (unpaired) electrons. The molecule has 1 saturated heterocycles. The molecule has 1 aliphatic rings. The van der Waals surface area contributed by atoms with E-state index in [1.807, 2.05) is 52.1 Å². The number of nitrogens with one attached hydrogen (secondary N) is 1. The molecule has 9 nitrogen and oxygen atoms in total. The lowest BCUT2D eigenvalue weighted by molar-refractivity contribution is 0.763. The predicted molar refractivity (Wildman–Crippen MR) is 143 cm³/mol. The van der Waals surface area contributed by atoms with E-state index >= 15 is 0 Å². The van der Waals surface area contributed by atoms with Crippen LogP contribution in [0.5, 0.6) is 0 Å². The van der Waals surface area contributed by atoms with Crippen LogP contribution < -0.4 is 10.2 Å². The van der Waals surface area contributed by atoms with Gasteiger partial charge in [-0.25, -0.2) is 9.67 Å². The third kappa shape index (κ3) is 4.56. The van der Waals surface area contributed by atoms with E-state index in [4.69, 9.17) is 9.97 Å². The standard InChI is InChI=1S/C26H26BrN9/c1-18-13-20(27)9-10-22(18)36-16-21(32-33-36)15-35-17-29-23-24(28-14-19-7-3-2-4-8-19)30-26(31-25(23)35)34-11-5-6-12-34/h2-4,7-10,13,16-17H,5-6,11-12,14-15H2,1H3,(H,28,30,31). The van der Waals surface area contributed by atoms with E-state index < -0.39 is 0 Å². The van der Waals surface area contributed by atoms with E-state index in [-0.39, 0.29) is 0 Å². The average molecular weight is 544 g/mol. The number of halogens is 1. The van der Waals surface area contributed by atoms with Crippen molar-refractivity contribution in [3.8, 4) is 5.69 Å². The van der Waals surface area contributed by atoms with Crippen molar-refractivity contribution in [2.75, 3.05) is 23.3 Å². The Morgan fingerprint density at radius 1 is 1.03 bits per heavy atom. The molecule has 182 valence electrons. The molecule has 2 aromatic carbocycles. The highest BCUT2D eigenvalue weighted by Crippen LogP contribution is 2.26. The summed E-state index contributed by atoms with van der Waals surface area (Å²) in [6.07, 6.45) is 6.09. The first-order chi connectivity index (χ1) is 17.6. The smallest absolute Gasteiger partial charge is 0.229 e. The van der Waals surface area contributed by atoms with Crippen LogP contribution in [0.4, 0.5) is 11.8 Å². The summed E-state index contributed by atoms with van der Waals surface area (Å²) < 4.78 is 4.87. The number of hydrogen-bond acceptors (Lipinski definition) is 7. The second-order valence-electron chi connectivity index (χ2n) is 9.04. The number of hydrogen-bond donors (Lipinski definition) is 1. The summed E-state index contributed by atoms with van der Waals surface area (Å²) in [5.41, 5.74) is 5.68. The maximum atomic E-state index is 4.93. The summed E-state index contributed by atoms with van der Waals surface area (Å²) in [6.45, 7) is 5.18. The second-order valence-corrected chi connectivity index (χ2v) is 9.95. The minimum atomic E-state index is 0.515. The van der Waals surface area contributed by atoms with E-state index in [1.165, 1.54) is 5.56 Å². The number of nitrogens with zero attached hydrogens (tertiary/aromatic N) is 8. The van der Waals surface area contributed by atoms with E-state index in [0.717, 1.165) is 70.3 Å². The van der Waals surface area contributed by atoms with Crippen LogP contribution in [0.2, 0.25) is 0 Å². The van der Waals surface area contributed by atoms with Crippen LogP contribution in [0.15, 0.2) is 65.5 Å². The van der Waals surface area contributed by atoms with Crippen LogP contribution in [0.1, 0.15) is 29.7 Å². The van der Waals surface area contributed by atoms with Gasteiger partial charge in [0, 0.05) is 24.1 Å². The number of benzene rings is 2. The molecule has 0 spiro atoms. The lowest BCUT2D eigenvalue weighted by Gasteiger charge is -2.17. The van der Waals surface area contributed by atoms with E-state index in [2.05, 4.69) is 66.6 Å². The zero-order valence-electron chi connectivity index (χ0n) is 20.0. The third-order valence-corrected chi connectivity index (χ3v) is 6.92. The Kier molecular flexibility index (Phi) is 6.10. The molecule has 0 saturated carbocycles. The van der Waals surface area contributed by atoms with Crippen molar-refractivity contribution in [2.24, 2.45) is 0 Å². The van der Waals surface area contributed by atoms with E-state index in [9.17, 15) is 0 Å². The van der Waals surface area contributed by atoms with Gasteiger partial charge in [-0.15, -0.1) is 5.10 Å². The quantitative estimate of drug-likeness (QED) is 0.317. The van der Waals surface area contributed by atoms with Gasteiger partial charge < -0.3 is 14.8 Å². The number of imidazole rings is 1. The average Bonchev–Trinajstić information content (AvgIpc) is 3.66. The normalized spacial score (nSPS) is 13.6. The number of fused-ring (bicyclic) bond motifs is 1. The first kappa shape index (κ1) is 22.7. The molecule has 36 heavy (non-hydrogen) atoms. The Balaban J connectivity index is 1.32. The Morgan fingerprint density at radius 3 is 2.67 bits per heavy atom. The summed E-state index contributed by atoms with van der Waals surface area (Å²) in [5, 5.41) is 12.3. The first-order valence-corrected chi connectivity index (χ1v) is 12.9. The number of anilines is 2. The SMILES string of the molecule is Cc1cc(Br)ccc1-n1cc(Cn2cnc3c(NCc4ccccc4)nc(N4CCCC4)nc32)nn1. The van der Waals surface area contributed by atoms with Crippen molar-refractivity contribution in [2.45, 2.75) is 32.9 Å². The molecular formula is C26H26BrN9. The number of aromatic nitrogens is 7. The van der Waals surface area contributed by atoms with Crippen LogP contribution in [-0.2, 0) is 13.1 Å². The second kappa shape index (κ2) is 9.69. The van der Waals surface area contributed by atoms with Gasteiger partial charge in [-0.1, -0.05) is 51.5 Å². The van der Waals surface area contributed by atoms with Crippen LogP contribution in [0.3, 0.4) is 0 Å². The Hall–Kier alpha value is -3.79. The molecule has 0 amide bonds. The Labute approximate surface area is 217 Å². The van der Waals surface area contributed by atoms with Crippen LogP contribution in [-0.4, -0.2) is 47.6 Å². The van der Waals surface area contributed by atoms with Crippen LogP contribution >= 0.6 is 15.9 Å². The van der Waals surface area contributed by atoms with Crippen molar-refractivity contribution >= 4 is 38.9 Å². The lowest BCUT2D eigenvalue weighted by atomic mass is 10.2. The highest BCUT2D eigenvalue weighted by molar-refractivity contribution is 9.10. The summed E-state index contributed by atoms with van der Waals surface area (Å²) >= 11 is 3.52. The van der Waals surface area contributed by atoms with Gasteiger partial charge in [-0.05, 0) is 49.1 Å². The molecule has 4 heterocycles. The molecule has 0 unspecified atom stereocenters. The van der Waals surface area contributed by atoms with Gasteiger partial charge in [0.1, 0.15) is 5.69 Å². The summed E-state index contributed by atoms with van der Waals surface area (Å²) in [5.74, 6) is 1.49. The highest BCUT2D eigenvalue weighted by atomic mass is 79.9. The molecule has 3 aromatic heterocycles. The van der Waals surface area contributed by atoms with Gasteiger partial charge in [0.25, 0.3) is 0 Å². The Morgan fingerprint density at radius 2 is 1.86 bits per heavy atom. The number of aryl methyl sites for hydroxylation is 1. The molecule has 1 fully saturated rings. The molecule has 0 bridgehead atoms. The fourth-order valence-corrected chi connectivity index (χ4v) is 5.03. The molecule has 5 aromatic rings. The zero-order valence-corrected chi connectivity index (χ0v) is 21.6. The maximum absolute atomic E-state index is 4.93. The molecule has 0 atom stereocenters. The van der Waals surface area contributed by atoms with Crippen molar-refractivity contribution in [3.05, 3.63) is 82.3 Å². The molecule has 1 aliphatic heterocycles. The van der Waals surface area contributed by atoms with Crippen LogP contribution in [0, 0.1) is 6.92 Å². The van der Waals surface area contributed by atoms with Gasteiger partial charge >= 0.3 is 0 Å². The predicted octanol–water partition coefficient (Wildman–Crippen LogP) is 4.74. The third-order valence-electron chi connectivity index (χ3n) is 6.42. The topological polar surface area (TPSA) is 89.6 Å². The van der Waals surface area contributed by atoms with E-state index in [0.29, 0.717) is 13.1 Å². The number of rotatable bonds is 7. The van der Waals surface area contributed by atoms with Gasteiger partial charge in [0.15, 0.2) is 17.0 Å².